The fourth-order valence-corrected chi connectivity index (χ4v) is 7.33. The Hall–Kier alpha value is -2.21. The molecule has 2 aromatic rings. The number of amides is 2. The van der Waals surface area contributed by atoms with Crippen LogP contribution in [0.5, 0.6) is 0 Å². The molecule has 0 unspecified atom stereocenters. The van der Waals surface area contributed by atoms with Crippen LogP contribution < -0.4 is 0 Å². The van der Waals surface area contributed by atoms with Crippen LogP contribution in [0.2, 0.25) is 0 Å². The van der Waals surface area contributed by atoms with Gasteiger partial charge in [-0.3, -0.25) is 9.59 Å². The number of aromatic nitrogens is 1. The van der Waals surface area contributed by atoms with Gasteiger partial charge in [0, 0.05) is 43.4 Å². The molecular formula is C29H39N3O2S. The fourth-order valence-electron chi connectivity index (χ4n) is 6.37. The lowest BCUT2D eigenvalue weighted by atomic mass is 9.90. The Morgan fingerprint density at radius 1 is 0.914 bits per heavy atom. The average molecular weight is 494 g/mol. The molecule has 1 aliphatic carbocycles. The van der Waals surface area contributed by atoms with Gasteiger partial charge in [0.05, 0.1) is 5.01 Å². The molecule has 3 heterocycles. The van der Waals surface area contributed by atoms with Crippen LogP contribution in [0, 0.1) is 22.7 Å². The number of likely N-dealkylation sites (tertiary alicyclic amines) is 2. The Labute approximate surface area is 213 Å². The summed E-state index contributed by atoms with van der Waals surface area (Å²) in [5.41, 5.74) is 2.16. The van der Waals surface area contributed by atoms with E-state index >= 15 is 0 Å². The summed E-state index contributed by atoms with van der Waals surface area (Å²) in [6.07, 6.45) is 5.08. The molecule has 5 nitrogen and oxygen atoms in total. The summed E-state index contributed by atoms with van der Waals surface area (Å²) in [6.45, 7) is 12.1. The van der Waals surface area contributed by atoms with Crippen molar-refractivity contribution in [2.75, 3.05) is 26.2 Å². The Balaban J connectivity index is 1.11. The molecule has 35 heavy (non-hydrogen) atoms. The molecule has 3 aliphatic rings. The Kier molecular flexibility index (Phi) is 6.54. The lowest BCUT2D eigenvalue weighted by Crippen LogP contribution is -2.40. The lowest BCUT2D eigenvalue weighted by molar-refractivity contribution is -0.134. The highest BCUT2D eigenvalue weighted by atomic mass is 32.1. The van der Waals surface area contributed by atoms with E-state index in [1.54, 1.807) is 11.3 Å². The van der Waals surface area contributed by atoms with E-state index in [1.807, 2.05) is 10.3 Å². The van der Waals surface area contributed by atoms with Crippen LogP contribution in [0.25, 0.3) is 0 Å². The largest absolute Gasteiger partial charge is 0.342 e. The summed E-state index contributed by atoms with van der Waals surface area (Å²) in [5.74, 6) is 1.53. The van der Waals surface area contributed by atoms with E-state index in [-0.39, 0.29) is 22.7 Å². The standard InChI is InChI=1S/C29H39N3O2S/c1-28(2)24(29(28,3)4)27(34)32-16-12-22(13-17-32)25-30-23(19-35-25)26(33)31-14-10-21(11-15-31)18-20-8-6-5-7-9-20/h5-9,19,21-22,24H,10-18H2,1-4H3. The zero-order valence-electron chi connectivity index (χ0n) is 21.6. The number of carbonyl (C=O) groups is 2. The number of nitrogens with zero attached hydrogens (tertiary/aromatic N) is 3. The van der Waals surface area contributed by atoms with Crippen molar-refractivity contribution in [1.29, 1.82) is 0 Å². The molecule has 188 valence electrons. The molecule has 0 N–H and O–H groups in total. The number of rotatable bonds is 5. The number of hydrogen-bond donors (Lipinski definition) is 0. The number of thiazole rings is 1. The molecule has 0 atom stereocenters. The van der Waals surface area contributed by atoms with Crippen LogP contribution in [0.15, 0.2) is 35.7 Å². The van der Waals surface area contributed by atoms with Crippen molar-refractivity contribution < 1.29 is 9.59 Å². The molecule has 1 aromatic carbocycles. The van der Waals surface area contributed by atoms with Crippen molar-refractivity contribution in [1.82, 2.24) is 14.8 Å². The molecule has 0 bridgehead atoms. The van der Waals surface area contributed by atoms with Crippen molar-refractivity contribution in [3.05, 3.63) is 52.0 Å². The zero-order valence-corrected chi connectivity index (χ0v) is 22.4. The number of piperidine rings is 2. The highest BCUT2D eigenvalue weighted by Crippen LogP contribution is 2.68. The molecule has 2 saturated heterocycles. The van der Waals surface area contributed by atoms with Gasteiger partial charge in [0.2, 0.25) is 5.91 Å². The maximum absolute atomic E-state index is 13.1. The topological polar surface area (TPSA) is 53.5 Å². The SMILES string of the molecule is CC1(C)C(C(=O)N2CCC(c3nc(C(=O)N4CCC(Cc5ccccc5)CC4)cs3)CC2)C1(C)C. The second-order valence-electron chi connectivity index (χ2n) is 12.0. The van der Waals surface area contributed by atoms with Gasteiger partial charge in [-0.2, -0.15) is 0 Å². The van der Waals surface area contributed by atoms with E-state index in [4.69, 9.17) is 4.98 Å². The quantitative estimate of drug-likeness (QED) is 0.543. The van der Waals surface area contributed by atoms with Crippen molar-refractivity contribution >= 4 is 23.2 Å². The number of benzene rings is 1. The predicted molar refractivity (Wildman–Crippen MR) is 140 cm³/mol. The first-order valence-corrected chi connectivity index (χ1v) is 14.1. The van der Waals surface area contributed by atoms with Crippen LogP contribution in [0.4, 0.5) is 0 Å². The summed E-state index contributed by atoms with van der Waals surface area (Å²) in [6, 6.07) is 10.7. The van der Waals surface area contributed by atoms with E-state index in [9.17, 15) is 9.59 Å². The van der Waals surface area contributed by atoms with Gasteiger partial charge in [-0.25, -0.2) is 4.98 Å². The van der Waals surface area contributed by atoms with E-state index in [1.165, 1.54) is 5.56 Å². The summed E-state index contributed by atoms with van der Waals surface area (Å²) in [4.78, 5) is 35.1. The van der Waals surface area contributed by atoms with Crippen LogP contribution in [0.3, 0.4) is 0 Å². The molecule has 1 aromatic heterocycles. The van der Waals surface area contributed by atoms with E-state index < -0.39 is 0 Å². The van der Waals surface area contributed by atoms with Gasteiger partial charge < -0.3 is 9.80 Å². The first-order chi connectivity index (χ1) is 16.7. The van der Waals surface area contributed by atoms with E-state index in [0.717, 1.165) is 63.3 Å². The molecule has 0 radical (unpaired) electrons. The van der Waals surface area contributed by atoms with Gasteiger partial charge in [-0.05, 0) is 54.4 Å². The molecule has 0 spiro atoms. The minimum absolute atomic E-state index is 0.0801. The molecule has 2 aliphatic heterocycles. The smallest absolute Gasteiger partial charge is 0.273 e. The van der Waals surface area contributed by atoms with E-state index in [0.29, 0.717) is 23.4 Å². The lowest BCUT2D eigenvalue weighted by Gasteiger charge is -2.32. The van der Waals surface area contributed by atoms with Gasteiger partial charge in [-0.15, -0.1) is 11.3 Å². The van der Waals surface area contributed by atoms with Crippen LogP contribution in [-0.2, 0) is 11.2 Å². The molecule has 3 fully saturated rings. The van der Waals surface area contributed by atoms with Crippen molar-refractivity contribution in [3.63, 3.8) is 0 Å². The second kappa shape index (κ2) is 9.34. The van der Waals surface area contributed by atoms with Gasteiger partial charge in [0.1, 0.15) is 5.69 Å². The zero-order chi connectivity index (χ0) is 24.8. The van der Waals surface area contributed by atoms with Crippen LogP contribution in [-0.4, -0.2) is 52.8 Å². The predicted octanol–water partition coefficient (Wildman–Crippen LogP) is 5.63. The molecule has 6 heteroatoms. The third kappa shape index (κ3) is 4.66. The van der Waals surface area contributed by atoms with Crippen molar-refractivity contribution in [3.8, 4) is 0 Å². The number of hydrogen-bond acceptors (Lipinski definition) is 4. The maximum Gasteiger partial charge on any atom is 0.273 e. The molecule has 5 rings (SSSR count). The third-order valence-corrected chi connectivity index (χ3v) is 10.4. The Morgan fingerprint density at radius 2 is 1.51 bits per heavy atom. The third-order valence-electron chi connectivity index (χ3n) is 9.43. The highest BCUT2D eigenvalue weighted by Gasteiger charge is 2.68. The van der Waals surface area contributed by atoms with Crippen molar-refractivity contribution in [2.24, 2.45) is 22.7 Å². The summed E-state index contributed by atoms with van der Waals surface area (Å²) in [5, 5.41) is 3.01. The molecule has 2 amide bonds. The fraction of sp³-hybridized carbons (Fsp3) is 0.621. The first kappa shape index (κ1) is 24.5. The van der Waals surface area contributed by atoms with Crippen LogP contribution in [0.1, 0.15) is 80.4 Å². The number of carbonyl (C=O) groups excluding carboxylic acids is 2. The summed E-state index contributed by atoms with van der Waals surface area (Å²) < 4.78 is 0. The second-order valence-corrected chi connectivity index (χ2v) is 12.9. The normalized spacial score (nSPS) is 22.9. The van der Waals surface area contributed by atoms with Gasteiger partial charge in [0.25, 0.3) is 5.91 Å². The highest BCUT2D eigenvalue weighted by molar-refractivity contribution is 7.09. The van der Waals surface area contributed by atoms with Gasteiger partial charge >= 0.3 is 0 Å². The first-order valence-electron chi connectivity index (χ1n) is 13.3. The Bertz CT molecular complexity index is 1050. The summed E-state index contributed by atoms with van der Waals surface area (Å²) >= 11 is 1.62. The Morgan fingerprint density at radius 3 is 2.11 bits per heavy atom. The molecular weight excluding hydrogens is 454 g/mol. The minimum Gasteiger partial charge on any atom is -0.342 e. The summed E-state index contributed by atoms with van der Waals surface area (Å²) in [7, 11) is 0. The van der Waals surface area contributed by atoms with E-state index in [2.05, 4.69) is 62.9 Å². The monoisotopic (exact) mass is 493 g/mol. The average Bonchev–Trinajstić information content (AvgIpc) is 3.16. The van der Waals surface area contributed by atoms with Crippen molar-refractivity contribution in [2.45, 2.75) is 65.7 Å². The molecule has 1 saturated carbocycles. The maximum atomic E-state index is 13.1. The van der Waals surface area contributed by atoms with Crippen LogP contribution >= 0.6 is 11.3 Å². The van der Waals surface area contributed by atoms with Gasteiger partial charge in [0.15, 0.2) is 0 Å². The van der Waals surface area contributed by atoms with Gasteiger partial charge in [-0.1, -0.05) is 58.0 Å². The minimum atomic E-state index is 0.0801.